The van der Waals surface area contributed by atoms with Crippen LogP contribution in [-0.4, -0.2) is 114 Å². The molecule has 3 aliphatic heterocycles. The summed E-state index contributed by atoms with van der Waals surface area (Å²) in [7, 11) is 1.51. The summed E-state index contributed by atoms with van der Waals surface area (Å²) in [4.78, 5) is 90.4. The van der Waals surface area contributed by atoms with Gasteiger partial charge >= 0.3 is 5.97 Å². The van der Waals surface area contributed by atoms with Gasteiger partial charge in [0.25, 0.3) is 0 Å². The number of nitrogens with two attached hydrogens (primary N) is 1. The molecule has 16 heteroatoms. The highest BCUT2D eigenvalue weighted by Gasteiger charge is 2.41. The van der Waals surface area contributed by atoms with E-state index in [-0.39, 0.29) is 55.2 Å². The van der Waals surface area contributed by atoms with Gasteiger partial charge in [0.2, 0.25) is 35.4 Å². The van der Waals surface area contributed by atoms with Crippen LogP contribution in [-0.2, 0) is 44.7 Å². The number of allylic oxidation sites excluding steroid dienone is 1. The lowest BCUT2D eigenvalue weighted by Gasteiger charge is -2.30. The number of hydrogen-bond acceptors (Lipinski definition) is 8. The Morgan fingerprint density at radius 1 is 0.982 bits per heavy atom. The minimum absolute atomic E-state index is 0.0215. The largest absolute Gasteiger partial charge is 0.464 e. The van der Waals surface area contributed by atoms with Crippen LogP contribution >= 0.6 is 0 Å². The molecule has 4 unspecified atom stereocenters. The van der Waals surface area contributed by atoms with Crippen molar-refractivity contribution in [2.75, 3.05) is 33.3 Å². The Morgan fingerprint density at radius 2 is 1.64 bits per heavy atom. The van der Waals surface area contributed by atoms with Crippen molar-refractivity contribution < 1.29 is 47.1 Å². The first-order valence-corrected chi connectivity index (χ1v) is 19.5. The van der Waals surface area contributed by atoms with Gasteiger partial charge in [-0.15, -0.1) is 0 Å². The van der Waals surface area contributed by atoms with E-state index in [0.717, 1.165) is 31.0 Å². The Morgan fingerprint density at radius 3 is 2.23 bits per heavy atom. The van der Waals surface area contributed by atoms with Gasteiger partial charge in [-0.3, -0.25) is 28.8 Å². The molecule has 0 bridgehead atoms. The third kappa shape index (κ3) is 15.3. The number of esters is 1. The van der Waals surface area contributed by atoms with Crippen molar-refractivity contribution in [3.63, 3.8) is 0 Å². The van der Waals surface area contributed by atoms with Crippen LogP contribution in [0.5, 0.6) is 0 Å². The standard InChI is InChI=1S/C20H30N4O6.C15H18F2N2O2.C5H12/c1-12-9-15-20(29)30-8-6-17(26)23-7-4-5-14(23)19(28)22(3)11-16(25)21-13(2)18(27)24(15)10-12;1-2-3-4-5-14(20)19-13(15(18)21)8-10-6-11(16)9-12(17)7-10;1-3-5-4-2/h12-15H,4-11H2,1-3H3,(H,21,25);4-7,9,13H,2-3,8H2,1H3,(H2,18,21)(H,19,20);3-5H2,1-2H3/b;5-4+;/t;13-;/m.0./s1. The lowest BCUT2D eigenvalue weighted by molar-refractivity contribution is -0.155. The highest BCUT2D eigenvalue weighted by molar-refractivity contribution is 5.94. The van der Waals surface area contributed by atoms with Gasteiger partial charge in [-0.1, -0.05) is 59.5 Å². The number of carbonyl (C=O) groups excluding carboxylic acids is 7. The lowest BCUT2D eigenvalue weighted by atomic mass is 10.0. The molecule has 0 saturated carbocycles. The molecule has 5 atom stereocenters. The first-order chi connectivity index (χ1) is 26.5. The minimum Gasteiger partial charge on any atom is -0.464 e. The zero-order valence-electron chi connectivity index (χ0n) is 33.6. The maximum atomic E-state index is 13.1. The monoisotopic (exact) mass is 790 g/mol. The van der Waals surface area contributed by atoms with Crippen LogP contribution in [0.1, 0.15) is 98.0 Å². The van der Waals surface area contributed by atoms with Crippen LogP contribution in [0.3, 0.4) is 0 Å². The van der Waals surface area contributed by atoms with Gasteiger partial charge in [-0.05, 0) is 62.3 Å². The molecule has 3 heterocycles. The molecule has 56 heavy (non-hydrogen) atoms. The lowest BCUT2D eigenvalue weighted by Crippen LogP contribution is -2.54. The third-order valence-corrected chi connectivity index (χ3v) is 9.44. The SMILES string of the molecule is CC1CC2C(=O)OCCC(=O)N3CCCC3C(=O)N(C)CC(=O)NC(C)C(=O)N2C1.CCC/C=C/C(=O)N[C@@H](Cc1cc(F)cc(F)c1)C(N)=O.CCCCC. The average molecular weight is 791 g/mol. The molecular formula is C40H60F2N6O8. The molecule has 6 amide bonds. The van der Waals surface area contributed by atoms with Crippen molar-refractivity contribution in [3.8, 4) is 0 Å². The minimum atomic E-state index is -1.02. The van der Waals surface area contributed by atoms with Crippen molar-refractivity contribution in [2.24, 2.45) is 11.7 Å². The number of ether oxygens (including phenoxy) is 1. The van der Waals surface area contributed by atoms with Gasteiger partial charge in [0.15, 0.2) is 0 Å². The van der Waals surface area contributed by atoms with Crippen molar-refractivity contribution in [2.45, 2.75) is 123 Å². The number of hydrogen-bond donors (Lipinski definition) is 3. The summed E-state index contributed by atoms with van der Waals surface area (Å²) in [5.41, 5.74) is 5.44. The fraction of sp³-hybridized carbons (Fsp3) is 0.625. The zero-order chi connectivity index (χ0) is 41.9. The predicted molar refractivity (Wildman–Crippen MR) is 205 cm³/mol. The van der Waals surface area contributed by atoms with Gasteiger partial charge in [-0.25, -0.2) is 13.6 Å². The second-order valence-corrected chi connectivity index (χ2v) is 14.5. The summed E-state index contributed by atoms with van der Waals surface area (Å²) in [6.45, 7) is 10.4. The molecule has 14 nitrogen and oxygen atoms in total. The van der Waals surface area contributed by atoms with Crippen LogP contribution < -0.4 is 16.4 Å². The van der Waals surface area contributed by atoms with Gasteiger partial charge in [0.1, 0.15) is 42.4 Å². The maximum Gasteiger partial charge on any atom is 0.328 e. The number of halogens is 2. The molecule has 3 saturated heterocycles. The van der Waals surface area contributed by atoms with E-state index in [9.17, 15) is 42.3 Å². The number of primary amides is 1. The zero-order valence-corrected chi connectivity index (χ0v) is 33.6. The number of carbonyl (C=O) groups is 7. The Labute approximate surface area is 328 Å². The van der Waals surface area contributed by atoms with Crippen LogP contribution in [0.4, 0.5) is 8.78 Å². The number of cyclic esters (lactones) is 1. The van der Waals surface area contributed by atoms with Crippen LogP contribution in [0, 0.1) is 17.6 Å². The summed E-state index contributed by atoms with van der Waals surface area (Å²) in [6, 6.07) is -0.280. The summed E-state index contributed by atoms with van der Waals surface area (Å²) in [6.07, 6.45) is 10.3. The number of nitrogens with one attached hydrogen (secondary N) is 2. The topological polar surface area (TPSA) is 189 Å². The summed E-state index contributed by atoms with van der Waals surface area (Å²) < 4.78 is 31.5. The van der Waals surface area contributed by atoms with Crippen molar-refractivity contribution in [1.29, 1.82) is 0 Å². The van der Waals surface area contributed by atoms with Crippen molar-refractivity contribution in [1.82, 2.24) is 25.3 Å². The van der Waals surface area contributed by atoms with E-state index < -0.39 is 59.5 Å². The van der Waals surface area contributed by atoms with E-state index in [1.165, 1.54) is 47.1 Å². The first-order valence-electron chi connectivity index (χ1n) is 19.5. The molecule has 1 aromatic rings. The molecule has 4 N–H and O–H groups in total. The fourth-order valence-electron chi connectivity index (χ4n) is 6.58. The highest BCUT2D eigenvalue weighted by Crippen LogP contribution is 2.25. The van der Waals surface area contributed by atoms with E-state index in [4.69, 9.17) is 10.5 Å². The normalized spacial score (nSPS) is 22.6. The average Bonchev–Trinajstić information content (AvgIpc) is 3.78. The number of likely N-dealkylation sites (N-methyl/N-ethyl adjacent to an activating group) is 1. The number of amides is 6. The number of unbranched alkanes of at least 4 members (excludes halogenated alkanes) is 3. The van der Waals surface area contributed by atoms with Crippen molar-refractivity contribution in [3.05, 3.63) is 47.5 Å². The summed E-state index contributed by atoms with van der Waals surface area (Å²) in [5.74, 6) is -4.56. The molecular weight excluding hydrogens is 730 g/mol. The second kappa shape index (κ2) is 23.9. The van der Waals surface area contributed by atoms with E-state index >= 15 is 0 Å². The van der Waals surface area contributed by atoms with Gasteiger partial charge in [0, 0.05) is 32.6 Å². The van der Waals surface area contributed by atoms with Gasteiger partial charge in [-0.2, -0.15) is 0 Å². The number of nitrogens with zero attached hydrogens (tertiary/aromatic N) is 3. The molecule has 4 rings (SSSR count). The van der Waals surface area contributed by atoms with Crippen LogP contribution in [0.15, 0.2) is 30.4 Å². The fourth-order valence-corrected chi connectivity index (χ4v) is 6.58. The molecule has 0 spiro atoms. The van der Waals surface area contributed by atoms with E-state index in [0.29, 0.717) is 32.4 Å². The number of rotatable bonds is 9. The number of benzene rings is 1. The summed E-state index contributed by atoms with van der Waals surface area (Å²) >= 11 is 0. The molecule has 0 radical (unpaired) electrons. The molecule has 1 aromatic carbocycles. The summed E-state index contributed by atoms with van der Waals surface area (Å²) in [5, 5.41) is 5.03. The van der Waals surface area contributed by atoms with E-state index in [1.54, 1.807) is 13.0 Å². The molecule has 3 fully saturated rings. The number of fused-ring (bicyclic) bond motifs is 2. The highest BCUT2D eigenvalue weighted by atomic mass is 19.1. The van der Waals surface area contributed by atoms with E-state index in [1.807, 2.05) is 13.8 Å². The Kier molecular flexibility index (Phi) is 20.2. The molecule has 312 valence electrons. The van der Waals surface area contributed by atoms with Crippen LogP contribution in [0.25, 0.3) is 0 Å². The second-order valence-electron chi connectivity index (χ2n) is 14.5. The quantitative estimate of drug-likeness (QED) is 0.251. The van der Waals surface area contributed by atoms with E-state index in [2.05, 4.69) is 24.5 Å². The maximum absolute atomic E-state index is 13.1. The van der Waals surface area contributed by atoms with Gasteiger partial charge < -0.3 is 35.8 Å². The van der Waals surface area contributed by atoms with Gasteiger partial charge in [0.05, 0.1) is 13.0 Å². The Bertz CT molecular complexity index is 1540. The van der Waals surface area contributed by atoms with Crippen LogP contribution in [0.2, 0.25) is 0 Å². The predicted octanol–water partition coefficient (Wildman–Crippen LogP) is 3.15. The molecule has 0 aliphatic carbocycles. The molecule has 0 aromatic heterocycles. The van der Waals surface area contributed by atoms with Crippen molar-refractivity contribution >= 4 is 41.4 Å². The Balaban J connectivity index is 0.000000363. The Hall–Kier alpha value is -4.89. The smallest absolute Gasteiger partial charge is 0.328 e. The first kappa shape index (κ1) is 47.3. The third-order valence-electron chi connectivity index (χ3n) is 9.44. The molecule has 3 aliphatic rings.